The van der Waals surface area contributed by atoms with Crippen LogP contribution in [0.3, 0.4) is 0 Å². The minimum Gasteiger partial charge on any atom is -0.444 e. The van der Waals surface area contributed by atoms with Crippen LogP contribution in [0.2, 0.25) is 0 Å². The van der Waals surface area contributed by atoms with Crippen molar-refractivity contribution in [2.24, 2.45) is 11.3 Å². The highest BCUT2D eigenvalue weighted by atomic mass is 16.6. The van der Waals surface area contributed by atoms with Crippen molar-refractivity contribution in [2.45, 2.75) is 32.8 Å². The van der Waals surface area contributed by atoms with Crippen molar-refractivity contribution in [1.29, 1.82) is 0 Å². The van der Waals surface area contributed by atoms with Gasteiger partial charge >= 0.3 is 6.09 Å². The van der Waals surface area contributed by atoms with Crippen molar-refractivity contribution in [1.82, 2.24) is 4.90 Å². The summed E-state index contributed by atoms with van der Waals surface area (Å²) < 4.78 is 5.23. The Morgan fingerprint density at radius 3 is 2.47 bits per heavy atom. The number of nitrogens with zero attached hydrogens (tertiary/aromatic N) is 1. The molecule has 1 unspecified atom stereocenters. The third-order valence-corrected chi connectivity index (χ3v) is 3.08. The predicted octanol–water partition coefficient (Wildman–Crippen LogP) is 1.44. The molecule has 0 aromatic carbocycles. The Balaban J connectivity index is 1.80. The first-order chi connectivity index (χ1) is 6.86. The molecular weight excluding hydrogens is 194 g/mol. The SMILES string of the molecule is CC(C)(C)OC(=O)N1CC2(CC2C=O)C1. The summed E-state index contributed by atoms with van der Waals surface area (Å²) in [5, 5.41) is 0. The van der Waals surface area contributed by atoms with Crippen LogP contribution in [0.15, 0.2) is 0 Å². The molecule has 1 amide bonds. The minimum atomic E-state index is -0.437. The molecule has 4 heteroatoms. The van der Waals surface area contributed by atoms with Crippen molar-refractivity contribution < 1.29 is 14.3 Å². The van der Waals surface area contributed by atoms with Crippen molar-refractivity contribution >= 4 is 12.4 Å². The van der Waals surface area contributed by atoms with Crippen LogP contribution in [0.4, 0.5) is 4.79 Å². The average molecular weight is 211 g/mol. The number of hydrogen-bond acceptors (Lipinski definition) is 3. The predicted molar refractivity (Wildman–Crippen MR) is 54.4 cm³/mol. The maximum absolute atomic E-state index is 11.6. The molecule has 84 valence electrons. The van der Waals surface area contributed by atoms with Crippen LogP contribution in [-0.2, 0) is 9.53 Å². The van der Waals surface area contributed by atoms with Crippen LogP contribution in [-0.4, -0.2) is 36.0 Å². The summed E-state index contributed by atoms with van der Waals surface area (Å²) in [6.45, 7) is 6.93. The summed E-state index contributed by atoms with van der Waals surface area (Å²) in [5.74, 6) is 0.177. The van der Waals surface area contributed by atoms with Crippen molar-refractivity contribution in [2.75, 3.05) is 13.1 Å². The fraction of sp³-hybridized carbons (Fsp3) is 0.818. The van der Waals surface area contributed by atoms with E-state index in [2.05, 4.69) is 0 Å². The van der Waals surface area contributed by atoms with E-state index in [1.807, 2.05) is 20.8 Å². The van der Waals surface area contributed by atoms with Crippen LogP contribution in [0.25, 0.3) is 0 Å². The highest BCUT2D eigenvalue weighted by Gasteiger charge is 2.62. The van der Waals surface area contributed by atoms with E-state index in [9.17, 15) is 9.59 Å². The highest BCUT2D eigenvalue weighted by Crippen LogP contribution is 2.57. The van der Waals surface area contributed by atoms with E-state index < -0.39 is 5.60 Å². The first-order valence-electron chi connectivity index (χ1n) is 5.30. The second kappa shape index (κ2) is 2.97. The van der Waals surface area contributed by atoms with Crippen LogP contribution in [0, 0.1) is 11.3 Å². The zero-order chi connectivity index (χ0) is 11.3. The van der Waals surface area contributed by atoms with Gasteiger partial charge in [-0.3, -0.25) is 0 Å². The molecule has 1 aliphatic carbocycles. The summed E-state index contributed by atoms with van der Waals surface area (Å²) in [4.78, 5) is 23.8. The van der Waals surface area contributed by atoms with Gasteiger partial charge in [0.15, 0.2) is 0 Å². The monoisotopic (exact) mass is 211 g/mol. The fourth-order valence-corrected chi connectivity index (χ4v) is 2.10. The number of ether oxygens (including phenoxy) is 1. The zero-order valence-corrected chi connectivity index (χ0v) is 9.45. The molecule has 0 aromatic heterocycles. The third-order valence-electron chi connectivity index (χ3n) is 3.08. The van der Waals surface area contributed by atoms with Crippen molar-refractivity contribution in [3.63, 3.8) is 0 Å². The number of hydrogen-bond donors (Lipinski definition) is 0. The lowest BCUT2D eigenvalue weighted by atomic mass is 9.94. The van der Waals surface area contributed by atoms with E-state index in [4.69, 9.17) is 4.74 Å². The largest absolute Gasteiger partial charge is 0.444 e. The van der Waals surface area contributed by atoms with Crippen LogP contribution in [0.5, 0.6) is 0 Å². The third kappa shape index (κ3) is 1.85. The Bertz CT molecular complexity index is 299. The van der Waals surface area contributed by atoms with Gasteiger partial charge < -0.3 is 14.4 Å². The molecule has 0 N–H and O–H groups in total. The van der Waals surface area contributed by atoms with E-state index in [1.54, 1.807) is 4.90 Å². The number of amides is 1. The molecule has 15 heavy (non-hydrogen) atoms. The number of aldehydes is 1. The molecule has 0 aromatic rings. The Morgan fingerprint density at radius 2 is 2.07 bits per heavy atom. The minimum absolute atomic E-state index is 0.124. The van der Waals surface area contributed by atoms with Crippen LogP contribution in [0.1, 0.15) is 27.2 Å². The molecule has 1 aliphatic heterocycles. The van der Waals surface area contributed by atoms with Crippen LogP contribution < -0.4 is 0 Å². The maximum Gasteiger partial charge on any atom is 0.410 e. The topological polar surface area (TPSA) is 46.6 Å². The molecule has 1 atom stereocenters. The van der Waals surface area contributed by atoms with Gasteiger partial charge in [-0.2, -0.15) is 0 Å². The van der Waals surface area contributed by atoms with Gasteiger partial charge in [-0.1, -0.05) is 0 Å². The lowest BCUT2D eigenvalue weighted by Gasteiger charge is -2.40. The van der Waals surface area contributed by atoms with E-state index >= 15 is 0 Å². The summed E-state index contributed by atoms with van der Waals surface area (Å²) in [6, 6.07) is 0. The van der Waals surface area contributed by atoms with Gasteiger partial charge in [0.05, 0.1) is 0 Å². The molecule has 1 heterocycles. The van der Waals surface area contributed by atoms with Gasteiger partial charge in [0, 0.05) is 24.4 Å². The molecule has 1 saturated carbocycles. The fourth-order valence-electron chi connectivity index (χ4n) is 2.10. The molecule has 2 fully saturated rings. The van der Waals surface area contributed by atoms with Gasteiger partial charge in [0.1, 0.15) is 11.9 Å². The zero-order valence-electron chi connectivity index (χ0n) is 9.45. The molecular formula is C11H17NO3. The first kappa shape index (κ1) is 10.5. The number of rotatable bonds is 1. The summed E-state index contributed by atoms with van der Waals surface area (Å²) in [5.41, 5.74) is -0.313. The molecule has 0 bridgehead atoms. The summed E-state index contributed by atoms with van der Waals surface area (Å²) in [7, 11) is 0. The Morgan fingerprint density at radius 1 is 1.47 bits per heavy atom. The average Bonchev–Trinajstić information content (AvgIpc) is 2.71. The van der Waals surface area contributed by atoms with Crippen molar-refractivity contribution in [3.05, 3.63) is 0 Å². The molecule has 0 radical (unpaired) electrons. The smallest absolute Gasteiger partial charge is 0.410 e. The molecule has 1 saturated heterocycles. The van der Waals surface area contributed by atoms with E-state index in [-0.39, 0.29) is 17.4 Å². The van der Waals surface area contributed by atoms with E-state index in [0.29, 0.717) is 13.1 Å². The summed E-state index contributed by atoms with van der Waals surface area (Å²) >= 11 is 0. The lowest BCUT2D eigenvalue weighted by molar-refractivity contribution is -0.110. The van der Waals surface area contributed by atoms with Gasteiger partial charge in [-0.15, -0.1) is 0 Å². The number of carbonyl (C=O) groups is 2. The van der Waals surface area contributed by atoms with Crippen molar-refractivity contribution in [3.8, 4) is 0 Å². The van der Waals surface area contributed by atoms with Gasteiger partial charge in [-0.25, -0.2) is 4.79 Å². The Kier molecular flexibility index (Phi) is 2.07. The highest BCUT2D eigenvalue weighted by molar-refractivity contribution is 5.71. The van der Waals surface area contributed by atoms with Gasteiger partial charge in [-0.05, 0) is 27.2 Å². The standard InChI is InChI=1S/C11H17NO3/c1-10(2,3)15-9(14)12-6-11(7-12)4-8(11)5-13/h5,8H,4,6-7H2,1-3H3. The Labute approximate surface area is 89.6 Å². The van der Waals surface area contributed by atoms with Crippen LogP contribution >= 0.6 is 0 Å². The van der Waals surface area contributed by atoms with Gasteiger partial charge in [0.2, 0.25) is 0 Å². The second-order valence-corrected chi connectivity index (χ2v) is 5.65. The first-order valence-corrected chi connectivity index (χ1v) is 5.30. The second-order valence-electron chi connectivity index (χ2n) is 5.65. The summed E-state index contributed by atoms with van der Waals surface area (Å²) in [6.07, 6.45) is 1.69. The molecule has 1 spiro atoms. The molecule has 2 rings (SSSR count). The quantitative estimate of drug-likeness (QED) is 0.616. The molecule has 4 nitrogen and oxygen atoms in total. The Hall–Kier alpha value is -1.06. The number of carbonyl (C=O) groups excluding carboxylic acids is 2. The maximum atomic E-state index is 11.6. The normalized spacial score (nSPS) is 27.1. The molecule has 2 aliphatic rings. The number of likely N-dealkylation sites (tertiary alicyclic amines) is 1. The van der Waals surface area contributed by atoms with E-state index in [1.165, 1.54) is 0 Å². The van der Waals surface area contributed by atoms with Gasteiger partial charge in [0.25, 0.3) is 0 Å². The van der Waals surface area contributed by atoms with E-state index in [0.717, 1.165) is 12.7 Å². The lowest BCUT2D eigenvalue weighted by Crippen LogP contribution is -2.53.